The molecule has 0 unspecified atom stereocenters. The third-order valence-corrected chi connectivity index (χ3v) is 3.66. The Labute approximate surface area is 111 Å². The lowest BCUT2D eigenvalue weighted by molar-refractivity contribution is 0.599. The van der Waals surface area contributed by atoms with Gasteiger partial charge in [0.2, 0.25) is 0 Å². The van der Waals surface area contributed by atoms with Gasteiger partial charge in [0.1, 0.15) is 0 Å². The summed E-state index contributed by atoms with van der Waals surface area (Å²) in [7, 11) is 2.19. The van der Waals surface area contributed by atoms with Crippen LogP contribution in [0.5, 0.6) is 0 Å². The van der Waals surface area contributed by atoms with E-state index in [2.05, 4.69) is 48.5 Å². The zero-order valence-corrected chi connectivity index (χ0v) is 11.8. The number of anilines is 1. The molecule has 0 aliphatic heterocycles. The fraction of sp³-hybridized carbons (Fsp3) is 0.625. The highest BCUT2D eigenvalue weighted by Gasteiger charge is 2.19. The van der Waals surface area contributed by atoms with E-state index in [1.165, 1.54) is 49.9 Å². The summed E-state index contributed by atoms with van der Waals surface area (Å²) in [5.74, 6) is 0. The lowest BCUT2D eigenvalue weighted by Crippen LogP contribution is -2.20. The van der Waals surface area contributed by atoms with E-state index in [0.717, 1.165) is 12.6 Å². The Bertz CT molecular complexity index is 341. The van der Waals surface area contributed by atoms with Crippen LogP contribution in [-0.2, 0) is 0 Å². The van der Waals surface area contributed by atoms with Crippen LogP contribution in [0.3, 0.4) is 0 Å². The first-order chi connectivity index (χ1) is 8.75. The van der Waals surface area contributed by atoms with Crippen molar-refractivity contribution in [2.24, 2.45) is 0 Å². The van der Waals surface area contributed by atoms with Gasteiger partial charge in [0.05, 0.1) is 0 Å². The summed E-state index contributed by atoms with van der Waals surface area (Å²) in [6.45, 7) is 4.50. The molecule has 1 aromatic rings. The van der Waals surface area contributed by atoms with Crippen LogP contribution >= 0.6 is 0 Å². The van der Waals surface area contributed by atoms with E-state index < -0.39 is 0 Å². The van der Waals surface area contributed by atoms with Crippen LogP contribution in [0.2, 0.25) is 0 Å². The van der Waals surface area contributed by atoms with Gasteiger partial charge in [-0.15, -0.1) is 0 Å². The van der Waals surface area contributed by atoms with Crippen LogP contribution in [-0.4, -0.2) is 26.2 Å². The highest BCUT2D eigenvalue weighted by molar-refractivity contribution is 5.46. The number of rotatable bonds is 8. The van der Waals surface area contributed by atoms with Crippen molar-refractivity contribution in [3.8, 4) is 0 Å². The number of nitrogens with zero attached hydrogens (tertiary/aromatic N) is 1. The van der Waals surface area contributed by atoms with E-state index in [0.29, 0.717) is 0 Å². The van der Waals surface area contributed by atoms with E-state index in [-0.39, 0.29) is 0 Å². The molecular weight excluding hydrogens is 220 g/mol. The second kappa shape index (κ2) is 6.79. The zero-order valence-electron chi connectivity index (χ0n) is 11.8. The number of unbranched alkanes of at least 4 members (excludes halogenated alkanes) is 2. The zero-order chi connectivity index (χ0) is 12.8. The smallest absolute Gasteiger partial charge is 0.0363 e. The molecule has 0 saturated heterocycles. The second-order valence-electron chi connectivity index (χ2n) is 5.55. The molecule has 18 heavy (non-hydrogen) atoms. The van der Waals surface area contributed by atoms with Gasteiger partial charge >= 0.3 is 0 Å². The Morgan fingerprint density at radius 3 is 2.50 bits per heavy atom. The maximum Gasteiger partial charge on any atom is 0.0363 e. The third kappa shape index (κ3) is 4.69. The number of aryl methyl sites for hydroxylation is 1. The lowest BCUT2D eigenvalue weighted by atomic mass is 10.2. The summed E-state index contributed by atoms with van der Waals surface area (Å²) in [6, 6.07) is 9.66. The van der Waals surface area contributed by atoms with Crippen molar-refractivity contribution in [2.75, 3.05) is 25.0 Å². The SMILES string of the molecule is Cc1ccc(N(C)CCCCCNC2CC2)cc1. The molecule has 0 bridgehead atoms. The minimum atomic E-state index is 0.861. The van der Waals surface area contributed by atoms with E-state index in [9.17, 15) is 0 Å². The van der Waals surface area contributed by atoms with Crippen LogP contribution < -0.4 is 10.2 Å². The van der Waals surface area contributed by atoms with Crippen LogP contribution in [0, 0.1) is 6.92 Å². The molecule has 0 spiro atoms. The summed E-state index contributed by atoms with van der Waals surface area (Å²) in [4.78, 5) is 2.35. The third-order valence-electron chi connectivity index (χ3n) is 3.66. The van der Waals surface area contributed by atoms with Gasteiger partial charge in [-0.3, -0.25) is 0 Å². The van der Waals surface area contributed by atoms with Crippen LogP contribution in [0.25, 0.3) is 0 Å². The average molecular weight is 246 g/mol. The van der Waals surface area contributed by atoms with E-state index in [1.807, 2.05) is 0 Å². The van der Waals surface area contributed by atoms with Gasteiger partial charge in [0.25, 0.3) is 0 Å². The maximum atomic E-state index is 3.57. The molecule has 0 amide bonds. The van der Waals surface area contributed by atoms with Crippen molar-refractivity contribution < 1.29 is 0 Å². The summed E-state index contributed by atoms with van der Waals surface area (Å²) >= 11 is 0. The molecule has 1 fully saturated rings. The second-order valence-corrected chi connectivity index (χ2v) is 5.55. The van der Waals surface area contributed by atoms with Crippen LogP contribution in [0.1, 0.15) is 37.7 Å². The minimum absolute atomic E-state index is 0.861. The van der Waals surface area contributed by atoms with Crippen LogP contribution in [0.15, 0.2) is 24.3 Å². The minimum Gasteiger partial charge on any atom is -0.375 e. The fourth-order valence-electron chi connectivity index (χ4n) is 2.17. The molecule has 1 aromatic carbocycles. The Morgan fingerprint density at radius 1 is 1.11 bits per heavy atom. The molecule has 0 heterocycles. The van der Waals surface area contributed by atoms with Gasteiger partial charge in [-0.1, -0.05) is 24.1 Å². The Balaban J connectivity index is 1.56. The van der Waals surface area contributed by atoms with E-state index >= 15 is 0 Å². The Kier molecular flexibility index (Phi) is 5.06. The van der Waals surface area contributed by atoms with Crippen molar-refractivity contribution in [3.05, 3.63) is 29.8 Å². The number of benzene rings is 1. The van der Waals surface area contributed by atoms with Crippen molar-refractivity contribution in [3.63, 3.8) is 0 Å². The van der Waals surface area contributed by atoms with E-state index in [1.54, 1.807) is 0 Å². The van der Waals surface area contributed by atoms with Crippen LogP contribution in [0.4, 0.5) is 5.69 Å². The van der Waals surface area contributed by atoms with E-state index in [4.69, 9.17) is 0 Å². The number of nitrogens with one attached hydrogen (secondary N) is 1. The molecule has 100 valence electrons. The van der Waals surface area contributed by atoms with Gasteiger partial charge in [0, 0.05) is 25.3 Å². The molecule has 1 aliphatic carbocycles. The van der Waals surface area contributed by atoms with Crippen molar-refractivity contribution in [1.82, 2.24) is 5.32 Å². The van der Waals surface area contributed by atoms with Crippen molar-refractivity contribution in [2.45, 2.75) is 45.1 Å². The van der Waals surface area contributed by atoms with Gasteiger partial charge in [-0.25, -0.2) is 0 Å². The Hall–Kier alpha value is -1.02. The molecule has 0 radical (unpaired) electrons. The quantitative estimate of drug-likeness (QED) is 0.708. The first-order valence-corrected chi connectivity index (χ1v) is 7.27. The van der Waals surface area contributed by atoms with Gasteiger partial charge in [-0.05, 0) is 51.3 Å². The molecular formula is C16H26N2. The van der Waals surface area contributed by atoms with Gasteiger partial charge < -0.3 is 10.2 Å². The Morgan fingerprint density at radius 2 is 1.83 bits per heavy atom. The molecule has 2 rings (SSSR count). The molecule has 1 aliphatic rings. The first kappa shape index (κ1) is 13.4. The molecule has 2 nitrogen and oxygen atoms in total. The monoisotopic (exact) mass is 246 g/mol. The topological polar surface area (TPSA) is 15.3 Å². The lowest BCUT2D eigenvalue weighted by Gasteiger charge is -2.19. The molecule has 0 atom stereocenters. The summed E-state index contributed by atoms with van der Waals surface area (Å²) in [5, 5.41) is 3.57. The molecule has 0 aromatic heterocycles. The fourth-order valence-corrected chi connectivity index (χ4v) is 2.17. The first-order valence-electron chi connectivity index (χ1n) is 7.27. The molecule has 1 N–H and O–H groups in total. The average Bonchev–Trinajstić information content (AvgIpc) is 3.18. The van der Waals surface area contributed by atoms with Gasteiger partial charge in [-0.2, -0.15) is 0 Å². The largest absolute Gasteiger partial charge is 0.375 e. The molecule has 1 saturated carbocycles. The van der Waals surface area contributed by atoms with Crippen molar-refractivity contribution >= 4 is 5.69 Å². The summed E-state index contributed by atoms with van der Waals surface area (Å²) in [6.07, 6.45) is 6.73. The van der Waals surface area contributed by atoms with Gasteiger partial charge in [0.15, 0.2) is 0 Å². The normalized spacial score (nSPS) is 14.8. The molecule has 2 heteroatoms. The summed E-state index contributed by atoms with van der Waals surface area (Å²) in [5.41, 5.74) is 2.66. The highest BCUT2D eigenvalue weighted by Crippen LogP contribution is 2.18. The predicted octanol–water partition coefficient (Wildman–Crippen LogP) is 3.35. The highest BCUT2D eigenvalue weighted by atomic mass is 15.1. The predicted molar refractivity (Wildman–Crippen MR) is 79.3 cm³/mol. The maximum absolute atomic E-state index is 3.57. The number of hydrogen-bond donors (Lipinski definition) is 1. The standard InChI is InChI=1S/C16H26N2/c1-14-6-10-16(11-7-14)18(2)13-5-3-4-12-17-15-8-9-15/h6-7,10-11,15,17H,3-5,8-9,12-13H2,1-2H3. The van der Waals surface area contributed by atoms with Crippen molar-refractivity contribution in [1.29, 1.82) is 0 Å². The number of hydrogen-bond acceptors (Lipinski definition) is 2. The summed E-state index contributed by atoms with van der Waals surface area (Å²) < 4.78 is 0.